The predicted octanol–water partition coefficient (Wildman–Crippen LogP) is 4.37. The first-order chi connectivity index (χ1) is 9.49. The van der Waals surface area contributed by atoms with Crippen molar-refractivity contribution in [3.8, 4) is 5.75 Å². The Bertz CT molecular complexity index is 575. The SMILES string of the molecule is CNC(c1cc(Br)c(Br)s1)c1c(OC)cnn1C(C)C. The maximum atomic E-state index is 5.48. The van der Waals surface area contributed by atoms with Crippen molar-refractivity contribution >= 4 is 43.2 Å². The Hall–Kier alpha value is -0.370. The molecular formula is C13H17Br2N3OS. The second-order valence-electron chi connectivity index (χ2n) is 4.63. The van der Waals surface area contributed by atoms with Crippen LogP contribution in [0.1, 0.15) is 36.5 Å². The van der Waals surface area contributed by atoms with Gasteiger partial charge in [-0.05, 0) is 58.8 Å². The molecule has 0 fully saturated rings. The van der Waals surface area contributed by atoms with Gasteiger partial charge in [-0.25, -0.2) is 0 Å². The highest BCUT2D eigenvalue weighted by molar-refractivity contribution is 9.13. The zero-order chi connectivity index (χ0) is 14.9. The Balaban J connectivity index is 2.53. The second-order valence-corrected chi connectivity index (χ2v) is 7.88. The van der Waals surface area contributed by atoms with E-state index in [1.807, 2.05) is 11.7 Å². The maximum absolute atomic E-state index is 5.48. The van der Waals surface area contributed by atoms with Crippen LogP contribution in [0, 0.1) is 0 Å². The standard InChI is InChI=1S/C13H17Br2N3OS/c1-7(2)18-12(9(19-4)6-17-18)11(16-3)10-5-8(14)13(15)20-10/h5-7,11,16H,1-4H3. The van der Waals surface area contributed by atoms with Gasteiger partial charge < -0.3 is 10.1 Å². The third-order valence-corrected chi connectivity index (χ3v) is 6.34. The molecule has 20 heavy (non-hydrogen) atoms. The van der Waals surface area contributed by atoms with Crippen LogP contribution < -0.4 is 10.1 Å². The molecular weight excluding hydrogens is 406 g/mol. The summed E-state index contributed by atoms with van der Waals surface area (Å²) in [5.74, 6) is 0.804. The monoisotopic (exact) mass is 421 g/mol. The molecule has 1 N–H and O–H groups in total. The van der Waals surface area contributed by atoms with Crippen LogP contribution >= 0.6 is 43.2 Å². The lowest BCUT2D eigenvalue weighted by atomic mass is 10.1. The van der Waals surface area contributed by atoms with Crippen molar-refractivity contribution in [1.29, 1.82) is 0 Å². The molecule has 0 amide bonds. The van der Waals surface area contributed by atoms with E-state index >= 15 is 0 Å². The summed E-state index contributed by atoms with van der Waals surface area (Å²) < 4.78 is 9.62. The van der Waals surface area contributed by atoms with Gasteiger partial charge in [0, 0.05) is 15.4 Å². The number of methoxy groups -OCH3 is 1. The summed E-state index contributed by atoms with van der Waals surface area (Å²) in [7, 11) is 3.63. The molecule has 0 aliphatic carbocycles. The van der Waals surface area contributed by atoms with Gasteiger partial charge in [-0.15, -0.1) is 11.3 Å². The van der Waals surface area contributed by atoms with E-state index in [0.29, 0.717) is 0 Å². The van der Waals surface area contributed by atoms with Gasteiger partial charge in [-0.1, -0.05) is 0 Å². The van der Waals surface area contributed by atoms with Crippen LogP contribution in [-0.2, 0) is 0 Å². The third-order valence-electron chi connectivity index (χ3n) is 3.02. The highest BCUT2D eigenvalue weighted by Crippen LogP contribution is 2.40. The number of halogens is 2. The minimum absolute atomic E-state index is 0.0439. The van der Waals surface area contributed by atoms with E-state index in [-0.39, 0.29) is 12.1 Å². The molecule has 0 saturated carbocycles. The first kappa shape index (κ1) is 16.0. The van der Waals surface area contributed by atoms with E-state index in [1.54, 1.807) is 24.6 Å². The molecule has 0 aromatic carbocycles. The van der Waals surface area contributed by atoms with Crippen molar-refractivity contribution in [3.63, 3.8) is 0 Å². The highest BCUT2D eigenvalue weighted by Gasteiger charge is 2.25. The molecule has 1 unspecified atom stereocenters. The number of thiophene rings is 1. The molecule has 2 aromatic rings. The van der Waals surface area contributed by atoms with Gasteiger partial charge in [-0.3, -0.25) is 4.68 Å². The van der Waals surface area contributed by atoms with Gasteiger partial charge in [0.2, 0.25) is 0 Å². The fraction of sp³-hybridized carbons (Fsp3) is 0.462. The van der Waals surface area contributed by atoms with Gasteiger partial charge in [0.05, 0.1) is 23.1 Å². The van der Waals surface area contributed by atoms with Gasteiger partial charge in [0.25, 0.3) is 0 Å². The zero-order valence-corrected chi connectivity index (χ0v) is 15.8. The summed E-state index contributed by atoms with van der Waals surface area (Å²) in [6, 6.07) is 2.44. The quantitative estimate of drug-likeness (QED) is 0.777. The lowest BCUT2D eigenvalue weighted by Crippen LogP contribution is -2.22. The normalized spacial score (nSPS) is 12.9. The van der Waals surface area contributed by atoms with Crippen LogP contribution in [0.5, 0.6) is 5.75 Å². The largest absolute Gasteiger partial charge is 0.493 e. The topological polar surface area (TPSA) is 39.1 Å². The van der Waals surface area contributed by atoms with E-state index in [9.17, 15) is 0 Å². The lowest BCUT2D eigenvalue weighted by Gasteiger charge is -2.20. The molecule has 2 aromatic heterocycles. The summed E-state index contributed by atoms with van der Waals surface area (Å²) >= 11 is 8.79. The number of rotatable bonds is 5. The molecule has 2 heterocycles. The molecule has 7 heteroatoms. The first-order valence-electron chi connectivity index (χ1n) is 6.23. The van der Waals surface area contributed by atoms with Gasteiger partial charge in [0.1, 0.15) is 5.69 Å². The van der Waals surface area contributed by atoms with E-state index in [0.717, 1.165) is 19.7 Å². The average Bonchev–Trinajstić information content (AvgIpc) is 2.96. The van der Waals surface area contributed by atoms with Crippen LogP contribution in [0.4, 0.5) is 0 Å². The van der Waals surface area contributed by atoms with Gasteiger partial charge in [0.15, 0.2) is 5.75 Å². The van der Waals surface area contributed by atoms with Crippen molar-refractivity contribution in [2.24, 2.45) is 0 Å². The molecule has 4 nitrogen and oxygen atoms in total. The van der Waals surface area contributed by atoms with E-state index < -0.39 is 0 Å². The Morgan fingerprint density at radius 3 is 2.55 bits per heavy atom. The molecule has 2 rings (SSSR count). The summed E-state index contributed by atoms with van der Waals surface area (Å²) in [6.07, 6.45) is 1.78. The number of nitrogens with one attached hydrogen (secondary N) is 1. The zero-order valence-electron chi connectivity index (χ0n) is 11.8. The van der Waals surface area contributed by atoms with Crippen molar-refractivity contribution < 1.29 is 4.74 Å². The van der Waals surface area contributed by atoms with Gasteiger partial charge >= 0.3 is 0 Å². The van der Waals surface area contributed by atoms with Crippen molar-refractivity contribution in [3.05, 3.63) is 31.1 Å². The average molecular weight is 423 g/mol. The summed E-state index contributed by atoms with van der Waals surface area (Å²) in [6.45, 7) is 4.23. The fourth-order valence-corrected chi connectivity index (χ4v) is 4.32. The number of nitrogens with zero attached hydrogens (tertiary/aromatic N) is 2. The van der Waals surface area contributed by atoms with Gasteiger partial charge in [-0.2, -0.15) is 5.10 Å². The Kier molecular flexibility index (Phi) is 5.28. The number of ether oxygens (including phenoxy) is 1. The third kappa shape index (κ3) is 2.95. The van der Waals surface area contributed by atoms with Crippen LogP contribution in [-0.4, -0.2) is 23.9 Å². The number of hydrogen-bond donors (Lipinski definition) is 1. The van der Waals surface area contributed by atoms with E-state index in [2.05, 4.69) is 62.2 Å². The molecule has 0 bridgehead atoms. The minimum Gasteiger partial charge on any atom is -0.493 e. The summed E-state index contributed by atoms with van der Waals surface area (Å²) in [4.78, 5) is 1.20. The molecule has 0 aliphatic rings. The number of aromatic nitrogens is 2. The number of hydrogen-bond acceptors (Lipinski definition) is 4. The molecule has 0 aliphatic heterocycles. The van der Waals surface area contributed by atoms with E-state index in [1.165, 1.54) is 4.88 Å². The molecule has 0 saturated heterocycles. The Labute approximate surface area is 139 Å². The molecule has 110 valence electrons. The predicted molar refractivity (Wildman–Crippen MR) is 89.8 cm³/mol. The molecule has 1 atom stereocenters. The summed E-state index contributed by atoms with van der Waals surface area (Å²) in [5.41, 5.74) is 1.05. The van der Waals surface area contributed by atoms with Crippen LogP contribution in [0.15, 0.2) is 20.5 Å². The Morgan fingerprint density at radius 1 is 1.40 bits per heavy atom. The fourth-order valence-electron chi connectivity index (χ4n) is 2.12. The van der Waals surface area contributed by atoms with Crippen molar-refractivity contribution in [1.82, 2.24) is 15.1 Å². The minimum atomic E-state index is 0.0439. The highest BCUT2D eigenvalue weighted by atomic mass is 79.9. The smallest absolute Gasteiger partial charge is 0.161 e. The van der Waals surface area contributed by atoms with E-state index in [4.69, 9.17) is 4.74 Å². The molecule has 0 radical (unpaired) electrons. The summed E-state index contributed by atoms with van der Waals surface area (Å²) in [5, 5.41) is 7.80. The first-order valence-corrected chi connectivity index (χ1v) is 8.63. The second kappa shape index (κ2) is 6.60. The van der Waals surface area contributed by atoms with Crippen LogP contribution in [0.3, 0.4) is 0 Å². The maximum Gasteiger partial charge on any atom is 0.161 e. The lowest BCUT2D eigenvalue weighted by molar-refractivity contribution is 0.397. The van der Waals surface area contributed by atoms with Crippen molar-refractivity contribution in [2.75, 3.05) is 14.2 Å². The van der Waals surface area contributed by atoms with Crippen LogP contribution in [0.2, 0.25) is 0 Å². The van der Waals surface area contributed by atoms with Crippen LogP contribution in [0.25, 0.3) is 0 Å². The van der Waals surface area contributed by atoms with Crippen molar-refractivity contribution in [2.45, 2.75) is 25.9 Å². The molecule has 0 spiro atoms. The Morgan fingerprint density at radius 2 is 2.10 bits per heavy atom.